The first-order valence-electron chi connectivity index (χ1n) is 29.5. The van der Waals surface area contributed by atoms with E-state index in [0.29, 0.717) is 17.5 Å². The average molecular weight is 1100 g/mol. The Balaban J connectivity index is 0.890. The standard InChI is InChI=1S/C81H55N5/c1-4-22-54(23-5-1)57-28-18-30-59(48-57)61-32-20-34-63(50-61)71-52-65(44-46-77(71)85-73-40-14-10-36-67(73)68-37-11-15-41-74(68)85)80-82-79(56-26-8-3-9-27-56)83-81(84-80)66-45-47-78(86-75-42-16-12-38-69(75)70-39-13-17-43-76(70)86)72(53-66)64-35-21-33-62(51-64)60-31-19-29-58(49-60)55-24-6-2-7-25-55/h1-30,32-53,60H,31H2. The van der Waals surface area contributed by atoms with Crippen LogP contribution in [0.2, 0.25) is 0 Å². The van der Waals surface area contributed by atoms with Crippen molar-refractivity contribution in [2.45, 2.75) is 12.3 Å². The van der Waals surface area contributed by atoms with Crippen molar-refractivity contribution in [1.29, 1.82) is 0 Å². The summed E-state index contributed by atoms with van der Waals surface area (Å²) in [6.07, 6.45) is 7.93. The number of hydrogen-bond acceptors (Lipinski definition) is 3. The number of benzene rings is 12. The number of aromatic nitrogens is 5. The molecule has 3 aromatic heterocycles. The van der Waals surface area contributed by atoms with Gasteiger partial charge in [0.15, 0.2) is 17.5 Å². The smallest absolute Gasteiger partial charge is 0.164 e. The third-order valence-corrected chi connectivity index (χ3v) is 17.1. The highest BCUT2D eigenvalue weighted by Gasteiger charge is 2.23. The van der Waals surface area contributed by atoms with E-state index in [0.717, 1.165) is 89.9 Å². The number of allylic oxidation sites excluding steroid dienone is 4. The van der Waals surface area contributed by atoms with Crippen LogP contribution in [0.25, 0.3) is 139 Å². The Morgan fingerprint density at radius 2 is 0.651 bits per heavy atom. The maximum absolute atomic E-state index is 5.53. The van der Waals surface area contributed by atoms with Crippen molar-refractivity contribution in [3.63, 3.8) is 0 Å². The van der Waals surface area contributed by atoms with Crippen molar-refractivity contribution in [2.24, 2.45) is 0 Å². The summed E-state index contributed by atoms with van der Waals surface area (Å²) in [6, 6.07) is 107. The second-order valence-corrected chi connectivity index (χ2v) is 22.3. The fraction of sp³-hybridized carbons (Fsp3) is 0.0247. The van der Waals surface area contributed by atoms with E-state index >= 15 is 0 Å². The second-order valence-electron chi connectivity index (χ2n) is 22.3. The van der Waals surface area contributed by atoms with Crippen molar-refractivity contribution in [1.82, 2.24) is 24.1 Å². The molecule has 0 radical (unpaired) electrons. The largest absolute Gasteiger partial charge is 0.309 e. The number of nitrogens with zero attached hydrogens (tertiary/aromatic N) is 5. The molecule has 0 saturated heterocycles. The molecule has 1 atom stereocenters. The minimum absolute atomic E-state index is 0.203. The third-order valence-electron chi connectivity index (χ3n) is 17.1. The first-order chi connectivity index (χ1) is 42.6. The molecule has 0 spiro atoms. The SMILES string of the molecule is C1=CC(c2ccccc2)=CC(c2cccc(-c3cc(-c4nc(-c5ccccc5)nc(-c5ccc(-n6c7ccccc7c7ccccc76)c(-c6cccc(-c7cccc(-c8ccccc8)c7)c6)c5)n4)ccc3-n3c4ccccc4c4ccccc43)c2)C1. The molecule has 0 bridgehead atoms. The maximum Gasteiger partial charge on any atom is 0.164 e. The van der Waals surface area contributed by atoms with Gasteiger partial charge in [-0.1, -0.05) is 243 Å². The summed E-state index contributed by atoms with van der Waals surface area (Å²) in [5, 5.41) is 4.83. The van der Waals surface area contributed by atoms with E-state index in [-0.39, 0.29) is 5.92 Å². The van der Waals surface area contributed by atoms with Crippen LogP contribution in [0.1, 0.15) is 23.5 Å². The minimum Gasteiger partial charge on any atom is -0.309 e. The van der Waals surface area contributed by atoms with E-state index in [2.05, 4.69) is 306 Å². The van der Waals surface area contributed by atoms with Gasteiger partial charge in [-0.2, -0.15) is 0 Å². The van der Waals surface area contributed by atoms with Crippen LogP contribution in [-0.2, 0) is 0 Å². The van der Waals surface area contributed by atoms with Crippen molar-refractivity contribution in [3.05, 3.63) is 327 Å². The molecule has 0 saturated carbocycles. The number of para-hydroxylation sites is 4. The zero-order chi connectivity index (χ0) is 56.9. The molecule has 15 aromatic rings. The van der Waals surface area contributed by atoms with Gasteiger partial charge < -0.3 is 9.13 Å². The van der Waals surface area contributed by atoms with Crippen LogP contribution < -0.4 is 0 Å². The van der Waals surface area contributed by atoms with Gasteiger partial charge in [-0.15, -0.1) is 0 Å². The van der Waals surface area contributed by atoms with Gasteiger partial charge in [0.25, 0.3) is 0 Å². The highest BCUT2D eigenvalue weighted by molar-refractivity contribution is 6.11. The van der Waals surface area contributed by atoms with Crippen LogP contribution in [0.3, 0.4) is 0 Å². The Kier molecular flexibility index (Phi) is 12.6. The van der Waals surface area contributed by atoms with Crippen molar-refractivity contribution in [3.8, 4) is 90.0 Å². The molecular formula is C81H55N5. The first kappa shape index (κ1) is 50.5. The number of rotatable bonds is 11. The zero-order valence-corrected chi connectivity index (χ0v) is 47.0. The minimum atomic E-state index is 0.203. The summed E-state index contributed by atoms with van der Waals surface area (Å²) in [7, 11) is 0. The maximum atomic E-state index is 5.53. The highest BCUT2D eigenvalue weighted by atomic mass is 15.0. The Morgan fingerprint density at radius 1 is 0.279 bits per heavy atom. The molecule has 0 fully saturated rings. The predicted octanol–water partition coefficient (Wildman–Crippen LogP) is 20.9. The van der Waals surface area contributed by atoms with E-state index < -0.39 is 0 Å². The molecule has 404 valence electrons. The van der Waals surface area contributed by atoms with E-state index in [9.17, 15) is 0 Å². The Labute approximate surface area is 499 Å². The normalized spacial score (nSPS) is 13.2. The predicted molar refractivity (Wildman–Crippen MR) is 357 cm³/mol. The first-order valence-corrected chi connectivity index (χ1v) is 29.5. The van der Waals surface area contributed by atoms with Gasteiger partial charge >= 0.3 is 0 Å². The molecule has 1 aliphatic rings. The summed E-state index contributed by atoms with van der Waals surface area (Å²) in [6.45, 7) is 0. The summed E-state index contributed by atoms with van der Waals surface area (Å²) < 4.78 is 4.84. The topological polar surface area (TPSA) is 48.5 Å². The molecule has 0 amide bonds. The molecule has 0 N–H and O–H groups in total. The Bertz CT molecular complexity index is 5040. The summed E-state index contributed by atoms with van der Waals surface area (Å²) >= 11 is 0. The number of hydrogen-bond donors (Lipinski definition) is 0. The van der Waals surface area contributed by atoms with Crippen LogP contribution in [-0.4, -0.2) is 24.1 Å². The summed E-state index contributed by atoms with van der Waals surface area (Å²) in [5.74, 6) is 1.97. The fourth-order valence-corrected chi connectivity index (χ4v) is 13.0. The fourth-order valence-electron chi connectivity index (χ4n) is 13.0. The van der Waals surface area contributed by atoms with E-state index in [1.807, 2.05) is 18.2 Å². The van der Waals surface area contributed by atoms with Crippen LogP contribution in [0.15, 0.2) is 315 Å². The average Bonchev–Trinajstić information content (AvgIpc) is 2.46. The van der Waals surface area contributed by atoms with Crippen LogP contribution >= 0.6 is 0 Å². The van der Waals surface area contributed by atoms with Crippen molar-refractivity contribution in [2.75, 3.05) is 0 Å². The van der Waals surface area contributed by atoms with Gasteiger partial charge in [0, 0.05) is 55.3 Å². The van der Waals surface area contributed by atoms with Crippen molar-refractivity contribution < 1.29 is 0 Å². The van der Waals surface area contributed by atoms with Crippen LogP contribution in [0.5, 0.6) is 0 Å². The second kappa shape index (κ2) is 21.5. The molecule has 16 rings (SSSR count). The Hall–Kier alpha value is -11.3. The molecule has 1 aliphatic carbocycles. The Morgan fingerprint density at radius 3 is 1.15 bits per heavy atom. The monoisotopic (exact) mass is 1100 g/mol. The molecule has 3 heterocycles. The number of fused-ring (bicyclic) bond motifs is 6. The molecule has 86 heavy (non-hydrogen) atoms. The molecular weight excluding hydrogens is 1040 g/mol. The quantitative estimate of drug-likeness (QED) is 0.130. The zero-order valence-electron chi connectivity index (χ0n) is 47.0. The molecule has 1 unspecified atom stereocenters. The van der Waals surface area contributed by atoms with E-state index in [1.54, 1.807) is 0 Å². The molecule has 12 aromatic carbocycles. The van der Waals surface area contributed by atoms with E-state index in [4.69, 9.17) is 15.0 Å². The molecule has 5 nitrogen and oxygen atoms in total. The van der Waals surface area contributed by atoms with Gasteiger partial charge in [-0.05, 0) is 129 Å². The van der Waals surface area contributed by atoms with Gasteiger partial charge in [-0.25, -0.2) is 15.0 Å². The third kappa shape index (κ3) is 9.10. The van der Waals surface area contributed by atoms with Crippen LogP contribution in [0, 0.1) is 0 Å². The lowest BCUT2D eigenvalue weighted by molar-refractivity contribution is 0.857. The van der Waals surface area contributed by atoms with Gasteiger partial charge in [0.05, 0.1) is 33.4 Å². The van der Waals surface area contributed by atoms with Gasteiger partial charge in [0.2, 0.25) is 0 Å². The lowest BCUT2D eigenvalue weighted by atomic mass is 9.86. The summed E-state index contributed by atoms with van der Waals surface area (Å²) in [5.41, 5.74) is 22.0. The summed E-state index contributed by atoms with van der Waals surface area (Å²) in [4.78, 5) is 16.3. The molecule has 5 heteroatoms. The van der Waals surface area contributed by atoms with Crippen LogP contribution in [0.4, 0.5) is 0 Å². The highest BCUT2D eigenvalue weighted by Crippen LogP contribution is 2.43. The van der Waals surface area contributed by atoms with Gasteiger partial charge in [-0.3, -0.25) is 0 Å². The molecule has 0 aliphatic heterocycles. The lowest BCUT2D eigenvalue weighted by Crippen LogP contribution is -2.03. The van der Waals surface area contributed by atoms with Crippen molar-refractivity contribution >= 4 is 49.2 Å². The van der Waals surface area contributed by atoms with Gasteiger partial charge in [0.1, 0.15) is 0 Å². The lowest BCUT2D eigenvalue weighted by Gasteiger charge is -2.20. The van der Waals surface area contributed by atoms with E-state index in [1.165, 1.54) is 49.4 Å².